The Kier molecular flexibility index (Phi) is 6.81. The van der Waals surface area contributed by atoms with Gasteiger partial charge in [-0.25, -0.2) is 4.98 Å². The van der Waals surface area contributed by atoms with E-state index in [0.29, 0.717) is 12.4 Å². The molecule has 3 rings (SSSR count). The van der Waals surface area contributed by atoms with Gasteiger partial charge in [0.1, 0.15) is 17.2 Å². The molecule has 0 spiro atoms. The predicted octanol–water partition coefficient (Wildman–Crippen LogP) is 5.12. The first-order valence-electron chi connectivity index (χ1n) is 10.8. The highest BCUT2D eigenvalue weighted by atomic mass is 16.3. The Labute approximate surface area is 174 Å². The summed E-state index contributed by atoms with van der Waals surface area (Å²) >= 11 is 0. The molecule has 2 aromatic heterocycles. The highest BCUT2D eigenvalue weighted by Crippen LogP contribution is 2.31. The molecular formula is C24H36N4O. The zero-order valence-corrected chi connectivity index (χ0v) is 18.6. The van der Waals surface area contributed by atoms with Crippen molar-refractivity contribution in [2.45, 2.75) is 65.5 Å². The van der Waals surface area contributed by atoms with Crippen LogP contribution in [0.15, 0.2) is 28.7 Å². The minimum atomic E-state index is 0.244. The third-order valence-corrected chi connectivity index (χ3v) is 5.76. The Morgan fingerprint density at radius 3 is 2.62 bits per heavy atom. The van der Waals surface area contributed by atoms with Gasteiger partial charge in [0, 0.05) is 10.9 Å². The van der Waals surface area contributed by atoms with Gasteiger partial charge < -0.3 is 20.4 Å². The van der Waals surface area contributed by atoms with E-state index in [9.17, 15) is 0 Å². The average Bonchev–Trinajstić information content (AvgIpc) is 3.10. The van der Waals surface area contributed by atoms with Gasteiger partial charge in [0.25, 0.3) is 0 Å². The molecule has 158 valence electrons. The van der Waals surface area contributed by atoms with Gasteiger partial charge in [-0.2, -0.15) is 0 Å². The summed E-state index contributed by atoms with van der Waals surface area (Å²) in [6.07, 6.45) is 4.72. The lowest BCUT2D eigenvalue weighted by atomic mass is 10.0. The van der Waals surface area contributed by atoms with E-state index in [1.165, 1.54) is 24.8 Å². The van der Waals surface area contributed by atoms with Gasteiger partial charge >= 0.3 is 0 Å². The number of unbranched alkanes of at least 4 members (excludes halogenated alkanes) is 2. The van der Waals surface area contributed by atoms with Crippen LogP contribution in [0.2, 0.25) is 0 Å². The van der Waals surface area contributed by atoms with Gasteiger partial charge in [-0.15, -0.1) is 0 Å². The Morgan fingerprint density at radius 1 is 1.10 bits per heavy atom. The van der Waals surface area contributed by atoms with E-state index < -0.39 is 0 Å². The van der Waals surface area contributed by atoms with Crippen LogP contribution in [0, 0.1) is 0 Å². The molecule has 0 aliphatic carbocycles. The van der Waals surface area contributed by atoms with E-state index in [2.05, 4.69) is 68.1 Å². The summed E-state index contributed by atoms with van der Waals surface area (Å²) in [6.45, 7) is 11.6. The van der Waals surface area contributed by atoms with E-state index in [0.717, 1.165) is 47.1 Å². The zero-order valence-electron chi connectivity index (χ0n) is 18.6. The lowest BCUT2D eigenvalue weighted by Gasteiger charge is -2.31. The van der Waals surface area contributed by atoms with Crippen LogP contribution in [0.1, 0.15) is 58.3 Å². The molecule has 0 saturated heterocycles. The lowest BCUT2D eigenvalue weighted by molar-refractivity contribution is 0.172. The third kappa shape index (κ3) is 5.28. The molecule has 0 aliphatic heterocycles. The van der Waals surface area contributed by atoms with Crippen LogP contribution >= 0.6 is 0 Å². The van der Waals surface area contributed by atoms with E-state index >= 15 is 0 Å². The number of rotatable bonds is 9. The smallest absolute Gasteiger partial charge is 0.147 e. The molecule has 3 aromatic rings. The first-order chi connectivity index (χ1) is 13.8. The first kappa shape index (κ1) is 21.6. The molecule has 3 N–H and O–H groups in total. The molecule has 29 heavy (non-hydrogen) atoms. The quantitative estimate of drug-likeness (QED) is 0.492. The van der Waals surface area contributed by atoms with Gasteiger partial charge in [0.2, 0.25) is 0 Å². The molecule has 0 unspecified atom stereocenters. The number of benzene rings is 1. The topological polar surface area (TPSA) is 67.3 Å². The van der Waals surface area contributed by atoms with Crippen LogP contribution in [0.4, 0.5) is 5.82 Å². The summed E-state index contributed by atoms with van der Waals surface area (Å²) in [7, 11) is 2.21. The standard InChI is InChI=1S/C24H36N4O/c1-6-26-16-18-15-20-22(29-18)19-12-11-17(14-21(19)27-23(20)25)10-8-7-9-13-28(5)24(2,3)4/h11-12,14-15,26H,6-10,13,16H2,1-5H3,(H2,25,27). The maximum absolute atomic E-state index is 6.22. The molecule has 0 fully saturated rings. The fraction of sp³-hybridized carbons (Fsp3) is 0.542. The number of nitrogens with two attached hydrogens (primary N) is 1. The minimum absolute atomic E-state index is 0.244. The highest BCUT2D eigenvalue weighted by Gasteiger charge is 2.16. The van der Waals surface area contributed by atoms with E-state index in [-0.39, 0.29) is 5.54 Å². The number of aryl methyl sites for hydroxylation is 1. The molecule has 0 bridgehead atoms. The van der Waals surface area contributed by atoms with Gasteiger partial charge in [-0.1, -0.05) is 19.4 Å². The number of nitrogen functional groups attached to an aromatic ring is 1. The van der Waals surface area contributed by atoms with E-state index in [4.69, 9.17) is 10.2 Å². The number of fused-ring (bicyclic) bond motifs is 3. The van der Waals surface area contributed by atoms with Crippen molar-refractivity contribution in [3.8, 4) is 0 Å². The number of pyridine rings is 1. The van der Waals surface area contributed by atoms with Crippen LogP contribution in [-0.2, 0) is 13.0 Å². The number of nitrogens with one attached hydrogen (secondary N) is 1. The second-order valence-electron chi connectivity index (χ2n) is 8.99. The fourth-order valence-corrected chi connectivity index (χ4v) is 3.57. The third-order valence-electron chi connectivity index (χ3n) is 5.76. The van der Waals surface area contributed by atoms with Crippen molar-refractivity contribution < 1.29 is 4.42 Å². The average molecular weight is 397 g/mol. The number of aromatic nitrogens is 1. The largest absolute Gasteiger partial charge is 0.459 e. The predicted molar refractivity (Wildman–Crippen MR) is 123 cm³/mol. The number of furan rings is 1. The summed E-state index contributed by atoms with van der Waals surface area (Å²) < 4.78 is 6.08. The van der Waals surface area contributed by atoms with Crippen molar-refractivity contribution in [3.05, 3.63) is 35.6 Å². The van der Waals surface area contributed by atoms with Gasteiger partial charge in [-0.3, -0.25) is 0 Å². The highest BCUT2D eigenvalue weighted by molar-refractivity contribution is 6.06. The molecule has 1 aromatic carbocycles. The molecule has 5 heteroatoms. The zero-order chi connectivity index (χ0) is 21.0. The van der Waals surface area contributed by atoms with Crippen LogP contribution in [0.3, 0.4) is 0 Å². The Balaban J connectivity index is 1.66. The number of hydrogen-bond acceptors (Lipinski definition) is 5. The monoisotopic (exact) mass is 396 g/mol. The van der Waals surface area contributed by atoms with Gasteiger partial charge in [0.15, 0.2) is 0 Å². The Morgan fingerprint density at radius 2 is 1.90 bits per heavy atom. The van der Waals surface area contributed by atoms with Crippen LogP contribution < -0.4 is 11.1 Å². The normalized spacial score (nSPS) is 12.5. The molecule has 5 nitrogen and oxygen atoms in total. The summed E-state index contributed by atoms with van der Waals surface area (Å²) in [5, 5.41) is 5.23. The van der Waals surface area contributed by atoms with Crippen molar-refractivity contribution in [1.29, 1.82) is 0 Å². The maximum atomic E-state index is 6.22. The SMILES string of the molecule is CCNCc1cc2c(N)nc3cc(CCCCCN(C)C(C)(C)C)ccc3c2o1. The van der Waals surface area contributed by atoms with E-state index in [1.807, 2.05) is 6.07 Å². The van der Waals surface area contributed by atoms with Gasteiger partial charge in [-0.05, 0) is 83.9 Å². The van der Waals surface area contributed by atoms with Crippen LogP contribution in [-0.4, -0.2) is 35.6 Å². The molecule has 0 aliphatic rings. The van der Waals surface area contributed by atoms with Crippen LogP contribution in [0.5, 0.6) is 0 Å². The maximum Gasteiger partial charge on any atom is 0.147 e. The number of hydrogen-bond donors (Lipinski definition) is 2. The second-order valence-corrected chi connectivity index (χ2v) is 8.99. The van der Waals surface area contributed by atoms with Crippen molar-refractivity contribution in [1.82, 2.24) is 15.2 Å². The Bertz CT molecular complexity index is 955. The second kappa shape index (κ2) is 9.14. The molecule has 0 atom stereocenters. The molecule has 0 radical (unpaired) electrons. The molecular weight excluding hydrogens is 360 g/mol. The summed E-state index contributed by atoms with van der Waals surface area (Å²) in [5.41, 5.74) is 9.54. The lowest BCUT2D eigenvalue weighted by Crippen LogP contribution is -2.38. The van der Waals surface area contributed by atoms with Crippen molar-refractivity contribution in [3.63, 3.8) is 0 Å². The molecule has 2 heterocycles. The van der Waals surface area contributed by atoms with Crippen molar-refractivity contribution in [2.24, 2.45) is 0 Å². The van der Waals surface area contributed by atoms with Crippen molar-refractivity contribution >= 4 is 27.7 Å². The van der Waals surface area contributed by atoms with Gasteiger partial charge in [0.05, 0.1) is 17.4 Å². The summed E-state index contributed by atoms with van der Waals surface area (Å²) in [5.74, 6) is 1.44. The van der Waals surface area contributed by atoms with Crippen LogP contribution in [0.25, 0.3) is 21.9 Å². The first-order valence-corrected chi connectivity index (χ1v) is 10.8. The minimum Gasteiger partial charge on any atom is -0.459 e. The summed E-state index contributed by atoms with van der Waals surface area (Å²) in [4.78, 5) is 7.07. The number of nitrogens with zero attached hydrogens (tertiary/aromatic N) is 2. The van der Waals surface area contributed by atoms with Crippen molar-refractivity contribution in [2.75, 3.05) is 25.9 Å². The molecule has 0 saturated carbocycles. The fourth-order valence-electron chi connectivity index (χ4n) is 3.57. The summed E-state index contributed by atoms with van der Waals surface area (Å²) in [6, 6.07) is 8.50. The van der Waals surface area contributed by atoms with E-state index in [1.54, 1.807) is 0 Å². The molecule has 0 amide bonds. The Hall–Kier alpha value is -2.11. The number of anilines is 1.